The molecule has 0 atom stereocenters. The molecule has 0 unspecified atom stereocenters. The van der Waals surface area contributed by atoms with Gasteiger partial charge >= 0.3 is 0 Å². The van der Waals surface area contributed by atoms with Crippen LogP contribution in [0.4, 0.5) is 0 Å². The smallest absolute Gasteiger partial charge is 0.253 e. The maximum Gasteiger partial charge on any atom is 0.253 e. The summed E-state index contributed by atoms with van der Waals surface area (Å²) in [4.78, 5) is 39.4. The van der Waals surface area contributed by atoms with E-state index in [1.807, 2.05) is 43.3 Å². The van der Waals surface area contributed by atoms with Gasteiger partial charge in [0.15, 0.2) is 0 Å². The van der Waals surface area contributed by atoms with E-state index in [1.165, 1.54) is 6.07 Å². The maximum absolute atomic E-state index is 12.4. The van der Waals surface area contributed by atoms with Crippen molar-refractivity contribution in [3.05, 3.63) is 103 Å². The van der Waals surface area contributed by atoms with E-state index < -0.39 is 5.91 Å². The van der Waals surface area contributed by atoms with Gasteiger partial charge in [0.2, 0.25) is 0 Å². The van der Waals surface area contributed by atoms with Crippen molar-refractivity contribution in [2.24, 2.45) is 0 Å². The summed E-state index contributed by atoms with van der Waals surface area (Å²) in [6, 6.07) is 14.4. The fourth-order valence-electron chi connectivity index (χ4n) is 2.93. The molecule has 27 heavy (non-hydrogen) atoms. The molecule has 2 heterocycles. The highest BCUT2D eigenvalue weighted by Crippen LogP contribution is 2.05. The van der Waals surface area contributed by atoms with Crippen molar-refractivity contribution in [2.75, 3.05) is 0 Å². The van der Waals surface area contributed by atoms with Crippen LogP contribution in [-0.4, -0.2) is 15.5 Å². The van der Waals surface area contributed by atoms with Gasteiger partial charge in [0, 0.05) is 35.6 Å². The van der Waals surface area contributed by atoms with E-state index in [9.17, 15) is 14.4 Å². The van der Waals surface area contributed by atoms with Crippen molar-refractivity contribution < 1.29 is 4.79 Å². The molecule has 138 valence electrons. The fraction of sp³-hybridized carbons (Fsp3) is 0.190. The molecule has 0 spiro atoms. The average Bonchev–Trinajstić information content (AvgIpc) is 2.63. The van der Waals surface area contributed by atoms with E-state index in [0.717, 1.165) is 16.8 Å². The molecule has 3 aromatic rings. The third kappa shape index (κ3) is 4.41. The van der Waals surface area contributed by atoms with Crippen LogP contribution in [-0.2, 0) is 13.1 Å². The van der Waals surface area contributed by atoms with E-state index in [2.05, 4.69) is 10.3 Å². The van der Waals surface area contributed by atoms with Crippen LogP contribution in [0.3, 0.4) is 0 Å². The second kappa shape index (κ2) is 7.86. The Bertz CT molecular complexity index is 1080. The van der Waals surface area contributed by atoms with E-state index in [4.69, 9.17) is 0 Å². The number of pyridine rings is 2. The number of nitrogens with one attached hydrogen (secondary N) is 2. The lowest BCUT2D eigenvalue weighted by molar-refractivity contribution is 0.0950. The minimum absolute atomic E-state index is 0.105. The molecule has 2 aromatic heterocycles. The van der Waals surface area contributed by atoms with E-state index in [-0.39, 0.29) is 23.2 Å². The summed E-state index contributed by atoms with van der Waals surface area (Å²) in [7, 11) is 0. The number of rotatable bonds is 5. The number of aromatic amines is 1. The Kier molecular flexibility index (Phi) is 5.35. The lowest BCUT2D eigenvalue weighted by atomic mass is 10.1. The first-order chi connectivity index (χ1) is 12.9. The Balaban J connectivity index is 1.72. The third-order valence-electron chi connectivity index (χ3n) is 4.37. The number of aryl methyl sites for hydroxylation is 2. The monoisotopic (exact) mass is 363 g/mol. The van der Waals surface area contributed by atoms with Gasteiger partial charge in [-0.1, -0.05) is 30.3 Å². The molecule has 0 saturated carbocycles. The van der Waals surface area contributed by atoms with Crippen LogP contribution in [0.1, 0.15) is 32.7 Å². The number of amides is 1. The molecule has 0 fully saturated rings. The predicted octanol–water partition coefficient (Wildman–Crippen LogP) is 2.13. The molecule has 3 rings (SSSR count). The first-order valence-corrected chi connectivity index (χ1v) is 8.66. The Morgan fingerprint density at radius 1 is 1.07 bits per heavy atom. The van der Waals surface area contributed by atoms with E-state index in [1.54, 1.807) is 23.8 Å². The molecular weight excluding hydrogens is 342 g/mol. The van der Waals surface area contributed by atoms with Gasteiger partial charge in [0.25, 0.3) is 17.0 Å². The predicted molar refractivity (Wildman–Crippen MR) is 104 cm³/mol. The van der Waals surface area contributed by atoms with Crippen molar-refractivity contribution in [3.63, 3.8) is 0 Å². The zero-order valence-electron chi connectivity index (χ0n) is 15.3. The summed E-state index contributed by atoms with van der Waals surface area (Å²) < 4.78 is 1.54. The summed E-state index contributed by atoms with van der Waals surface area (Å²) in [5.41, 5.74) is 2.90. The van der Waals surface area contributed by atoms with Gasteiger partial charge in [-0.3, -0.25) is 14.4 Å². The SMILES string of the molecule is Cc1cc(C)c(CNC(=O)c2ccn(Cc3ccccc3)c(=O)c2)c(=O)[nH]1. The average molecular weight is 363 g/mol. The Morgan fingerprint density at radius 2 is 1.81 bits per heavy atom. The molecule has 0 radical (unpaired) electrons. The highest BCUT2D eigenvalue weighted by atomic mass is 16.2. The summed E-state index contributed by atoms with van der Waals surface area (Å²) in [5, 5.41) is 2.71. The number of carbonyl (C=O) groups excluding carboxylic acids is 1. The number of H-pyrrole nitrogens is 1. The number of hydrogen-bond acceptors (Lipinski definition) is 3. The molecule has 6 heteroatoms. The standard InChI is InChI=1S/C21H21N3O3/c1-14-10-15(2)23-21(27)18(14)12-22-20(26)17-8-9-24(19(25)11-17)13-16-6-4-3-5-7-16/h3-11H,12-13H2,1-2H3,(H,22,26)(H,23,27). The minimum Gasteiger partial charge on any atom is -0.348 e. The lowest BCUT2D eigenvalue weighted by Crippen LogP contribution is -2.29. The van der Waals surface area contributed by atoms with Gasteiger partial charge in [-0.15, -0.1) is 0 Å². The van der Waals surface area contributed by atoms with Crippen LogP contribution in [0.15, 0.2) is 64.3 Å². The van der Waals surface area contributed by atoms with Crippen LogP contribution in [0.2, 0.25) is 0 Å². The summed E-state index contributed by atoms with van der Waals surface area (Å²) in [6.45, 7) is 4.18. The first kappa shape index (κ1) is 18.4. The third-order valence-corrected chi connectivity index (χ3v) is 4.37. The van der Waals surface area contributed by atoms with Crippen molar-refractivity contribution in [1.29, 1.82) is 0 Å². The van der Waals surface area contributed by atoms with Crippen molar-refractivity contribution >= 4 is 5.91 Å². The van der Waals surface area contributed by atoms with Crippen molar-refractivity contribution in [1.82, 2.24) is 14.9 Å². The number of benzene rings is 1. The normalized spacial score (nSPS) is 10.6. The van der Waals surface area contributed by atoms with Gasteiger partial charge in [-0.25, -0.2) is 0 Å². The first-order valence-electron chi connectivity index (χ1n) is 8.66. The second-order valence-electron chi connectivity index (χ2n) is 6.49. The van der Waals surface area contributed by atoms with Gasteiger partial charge < -0.3 is 14.9 Å². The van der Waals surface area contributed by atoms with Gasteiger partial charge in [-0.05, 0) is 37.1 Å². The summed E-state index contributed by atoms with van der Waals surface area (Å²) in [5.74, 6) is -0.390. The largest absolute Gasteiger partial charge is 0.348 e. The van der Waals surface area contributed by atoms with Crippen molar-refractivity contribution in [3.8, 4) is 0 Å². The number of aromatic nitrogens is 2. The summed E-state index contributed by atoms with van der Waals surface area (Å²) in [6.07, 6.45) is 1.61. The number of carbonyl (C=O) groups is 1. The molecule has 2 N–H and O–H groups in total. The van der Waals surface area contributed by atoms with Crippen LogP contribution in [0, 0.1) is 13.8 Å². The maximum atomic E-state index is 12.4. The summed E-state index contributed by atoms with van der Waals surface area (Å²) >= 11 is 0. The molecule has 0 aliphatic rings. The zero-order valence-corrected chi connectivity index (χ0v) is 15.3. The lowest BCUT2D eigenvalue weighted by Gasteiger charge is -2.09. The molecule has 1 aromatic carbocycles. The minimum atomic E-state index is -0.390. The molecule has 0 aliphatic heterocycles. The number of hydrogen-bond donors (Lipinski definition) is 2. The van der Waals surface area contributed by atoms with E-state index >= 15 is 0 Å². The highest BCUT2D eigenvalue weighted by molar-refractivity contribution is 5.93. The molecule has 0 bridgehead atoms. The molecular formula is C21H21N3O3. The molecule has 0 aliphatic carbocycles. The number of nitrogens with zero attached hydrogens (tertiary/aromatic N) is 1. The second-order valence-corrected chi connectivity index (χ2v) is 6.49. The van der Waals surface area contributed by atoms with Gasteiger partial charge in [0.1, 0.15) is 0 Å². The topological polar surface area (TPSA) is 84.0 Å². The molecule has 0 saturated heterocycles. The molecule has 1 amide bonds. The Labute approximate surface area is 156 Å². The van der Waals surface area contributed by atoms with Crippen molar-refractivity contribution in [2.45, 2.75) is 26.9 Å². The fourth-order valence-corrected chi connectivity index (χ4v) is 2.93. The van der Waals surface area contributed by atoms with Crippen LogP contribution >= 0.6 is 0 Å². The Hall–Kier alpha value is -3.41. The van der Waals surface area contributed by atoms with Crippen LogP contribution in [0.25, 0.3) is 0 Å². The van der Waals surface area contributed by atoms with Gasteiger partial charge in [0.05, 0.1) is 6.54 Å². The van der Waals surface area contributed by atoms with Crippen LogP contribution < -0.4 is 16.4 Å². The quantitative estimate of drug-likeness (QED) is 0.728. The zero-order chi connectivity index (χ0) is 19.4. The van der Waals surface area contributed by atoms with Crippen LogP contribution in [0.5, 0.6) is 0 Å². The van der Waals surface area contributed by atoms with Gasteiger partial charge in [-0.2, -0.15) is 0 Å². The highest BCUT2D eigenvalue weighted by Gasteiger charge is 2.10. The van der Waals surface area contributed by atoms with E-state index in [0.29, 0.717) is 12.1 Å². The Morgan fingerprint density at radius 3 is 2.48 bits per heavy atom. The molecule has 6 nitrogen and oxygen atoms in total.